The molecule has 2 saturated heterocycles. The molecule has 0 radical (unpaired) electrons. The second kappa shape index (κ2) is 5.32. The molecular formula is C16H21BrN2O. The largest absolute Gasteiger partial charge is 0.371 e. The second-order valence-corrected chi connectivity index (χ2v) is 7.21. The fraction of sp³-hybridized carbons (Fsp3) is 0.625. The van der Waals surface area contributed by atoms with Crippen LogP contribution in [0.25, 0.3) is 0 Å². The Morgan fingerprint density at radius 1 is 1.15 bits per heavy atom. The minimum Gasteiger partial charge on any atom is -0.371 e. The molecule has 0 amide bonds. The number of ether oxygens (including phenoxy) is 1. The predicted octanol–water partition coefficient (Wildman–Crippen LogP) is 3.07. The number of halogens is 1. The Morgan fingerprint density at radius 3 is 2.60 bits per heavy atom. The Bertz CT molecular complexity index is 491. The maximum Gasteiger partial charge on any atom is 0.0755 e. The van der Waals surface area contributed by atoms with Crippen molar-refractivity contribution >= 4 is 21.6 Å². The van der Waals surface area contributed by atoms with E-state index in [2.05, 4.69) is 44.3 Å². The van der Waals surface area contributed by atoms with Gasteiger partial charge in [-0.05, 0) is 49.4 Å². The van der Waals surface area contributed by atoms with Crippen LogP contribution in [0.3, 0.4) is 0 Å². The van der Waals surface area contributed by atoms with Gasteiger partial charge in [0, 0.05) is 35.8 Å². The summed E-state index contributed by atoms with van der Waals surface area (Å²) in [5.41, 5.74) is 2.80. The average molecular weight is 337 g/mol. The number of fused-ring (bicyclic) bond motifs is 2. The summed E-state index contributed by atoms with van der Waals surface area (Å²) in [5, 5.41) is 3.64. The summed E-state index contributed by atoms with van der Waals surface area (Å²) in [5.74, 6) is 0. The van der Waals surface area contributed by atoms with Gasteiger partial charge in [-0.3, -0.25) is 0 Å². The number of morpholine rings is 1. The Morgan fingerprint density at radius 2 is 1.90 bits per heavy atom. The second-order valence-electron chi connectivity index (χ2n) is 6.29. The highest BCUT2D eigenvalue weighted by molar-refractivity contribution is 9.10. The molecule has 1 saturated carbocycles. The van der Waals surface area contributed by atoms with E-state index in [9.17, 15) is 0 Å². The molecule has 20 heavy (non-hydrogen) atoms. The number of benzene rings is 1. The molecule has 2 heterocycles. The van der Waals surface area contributed by atoms with Crippen LogP contribution in [-0.4, -0.2) is 31.3 Å². The number of anilines is 1. The van der Waals surface area contributed by atoms with Gasteiger partial charge in [-0.25, -0.2) is 0 Å². The van der Waals surface area contributed by atoms with Crippen molar-refractivity contribution in [2.24, 2.45) is 0 Å². The van der Waals surface area contributed by atoms with Gasteiger partial charge in [-0.1, -0.05) is 15.9 Å². The Kier molecular flexibility index (Phi) is 3.49. The summed E-state index contributed by atoms with van der Waals surface area (Å²) in [6.07, 6.45) is 6.03. The fourth-order valence-corrected chi connectivity index (χ4v) is 3.77. The van der Waals surface area contributed by atoms with Gasteiger partial charge in [0.2, 0.25) is 0 Å². The first kappa shape index (κ1) is 13.1. The van der Waals surface area contributed by atoms with Gasteiger partial charge in [0.1, 0.15) is 0 Å². The Balaban J connectivity index is 1.55. The van der Waals surface area contributed by atoms with Gasteiger partial charge in [0.15, 0.2) is 0 Å². The lowest BCUT2D eigenvalue weighted by Gasteiger charge is -2.35. The predicted molar refractivity (Wildman–Crippen MR) is 84.1 cm³/mol. The van der Waals surface area contributed by atoms with Crippen LogP contribution in [0.15, 0.2) is 22.7 Å². The first-order valence-electron chi connectivity index (χ1n) is 7.70. The quantitative estimate of drug-likeness (QED) is 0.914. The third kappa shape index (κ3) is 2.74. The third-order valence-electron chi connectivity index (χ3n) is 4.58. The lowest BCUT2D eigenvalue weighted by molar-refractivity contribution is 0.0304. The van der Waals surface area contributed by atoms with Crippen molar-refractivity contribution in [1.82, 2.24) is 5.32 Å². The van der Waals surface area contributed by atoms with Crippen LogP contribution < -0.4 is 10.2 Å². The van der Waals surface area contributed by atoms with Gasteiger partial charge < -0.3 is 15.0 Å². The van der Waals surface area contributed by atoms with E-state index in [1.807, 2.05) is 0 Å². The molecule has 1 aromatic carbocycles. The molecule has 108 valence electrons. The number of nitrogens with zero attached hydrogens (tertiary/aromatic N) is 1. The monoisotopic (exact) mass is 336 g/mol. The summed E-state index contributed by atoms with van der Waals surface area (Å²) in [6.45, 7) is 3.08. The summed E-state index contributed by atoms with van der Waals surface area (Å²) >= 11 is 3.61. The zero-order chi connectivity index (χ0) is 13.5. The summed E-state index contributed by atoms with van der Waals surface area (Å²) < 4.78 is 7.13. The molecule has 4 rings (SSSR count). The summed E-state index contributed by atoms with van der Waals surface area (Å²) in [7, 11) is 0. The van der Waals surface area contributed by atoms with E-state index < -0.39 is 0 Å². The minimum absolute atomic E-state index is 0.446. The third-order valence-corrected chi connectivity index (χ3v) is 5.08. The highest BCUT2D eigenvalue weighted by Gasteiger charge is 2.34. The van der Waals surface area contributed by atoms with E-state index >= 15 is 0 Å². The summed E-state index contributed by atoms with van der Waals surface area (Å²) in [4.78, 5) is 2.53. The van der Waals surface area contributed by atoms with E-state index in [4.69, 9.17) is 4.74 Å². The maximum atomic E-state index is 5.95. The van der Waals surface area contributed by atoms with E-state index in [-0.39, 0.29) is 0 Å². The van der Waals surface area contributed by atoms with Crippen molar-refractivity contribution in [3.63, 3.8) is 0 Å². The number of hydrogen-bond acceptors (Lipinski definition) is 3. The van der Waals surface area contributed by atoms with Crippen molar-refractivity contribution in [3.8, 4) is 0 Å². The molecule has 4 heteroatoms. The van der Waals surface area contributed by atoms with Crippen LogP contribution in [0.1, 0.15) is 31.2 Å². The average Bonchev–Trinajstić information content (AvgIpc) is 3.21. The van der Waals surface area contributed by atoms with Gasteiger partial charge in [-0.2, -0.15) is 0 Å². The Hall–Kier alpha value is -0.580. The molecule has 0 spiro atoms. The van der Waals surface area contributed by atoms with Gasteiger partial charge >= 0.3 is 0 Å². The molecule has 2 atom stereocenters. The zero-order valence-corrected chi connectivity index (χ0v) is 13.2. The molecule has 1 aromatic rings. The molecular weight excluding hydrogens is 316 g/mol. The molecule has 0 aromatic heterocycles. The Labute approximate surface area is 128 Å². The van der Waals surface area contributed by atoms with Crippen LogP contribution in [0.4, 0.5) is 5.69 Å². The van der Waals surface area contributed by atoms with Gasteiger partial charge in [0.05, 0.1) is 12.2 Å². The zero-order valence-electron chi connectivity index (χ0n) is 11.6. The van der Waals surface area contributed by atoms with Crippen LogP contribution in [0.5, 0.6) is 0 Å². The summed E-state index contributed by atoms with van der Waals surface area (Å²) in [6, 6.07) is 7.44. The van der Waals surface area contributed by atoms with Crippen LogP contribution >= 0.6 is 15.9 Å². The van der Waals surface area contributed by atoms with E-state index in [1.54, 1.807) is 0 Å². The van der Waals surface area contributed by atoms with Gasteiger partial charge in [0.25, 0.3) is 0 Å². The standard InChI is InChI=1S/C16H21BrN2O/c17-12-1-6-16(11(7-12)8-18-13-2-3-13)19-9-14-4-5-15(10-19)20-14/h1,6-7,13-15,18H,2-5,8-10H2. The highest BCUT2D eigenvalue weighted by Crippen LogP contribution is 2.33. The minimum atomic E-state index is 0.446. The van der Waals surface area contributed by atoms with Crippen molar-refractivity contribution in [1.29, 1.82) is 0 Å². The molecule has 3 fully saturated rings. The molecule has 1 N–H and O–H groups in total. The van der Waals surface area contributed by atoms with Crippen LogP contribution in [0.2, 0.25) is 0 Å². The molecule has 2 unspecified atom stereocenters. The smallest absolute Gasteiger partial charge is 0.0755 e. The maximum absolute atomic E-state index is 5.95. The fourth-order valence-electron chi connectivity index (χ4n) is 3.36. The van der Waals surface area contributed by atoms with Gasteiger partial charge in [-0.15, -0.1) is 0 Å². The van der Waals surface area contributed by atoms with E-state index in [0.717, 1.165) is 25.7 Å². The van der Waals surface area contributed by atoms with Crippen LogP contribution in [-0.2, 0) is 11.3 Å². The molecule has 2 bridgehead atoms. The first-order chi connectivity index (χ1) is 9.78. The number of hydrogen-bond donors (Lipinski definition) is 1. The molecule has 1 aliphatic carbocycles. The number of rotatable bonds is 4. The van der Waals surface area contributed by atoms with Crippen molar-refractivity contribution in [2.45, 2.75) is 50.5 Å². The lowest BCUT2D eigenvalue weighted by Crippen LogP contribution is -2.43. The highest BCUT2D eigenvalue weighted by atomic mass is 79.9. The van der Waals surface area contributed by atoms with Crippen LogP contribution in [0, 0.1) is 0 Å². The van der Waals surface area contributed by atoms with E-state index in [0.29, 0.717) is 12.2 Å². The molecule has 3 aliphatic rings. The normalized spacial score (nSPS) is 28.9. The molecule has 2 aliphatic heterocycles. The van der Waals surface area contributed by atoms with Crippen molar-refractivity contribution < 1.29 is 4.74 Å². The molecule has 3 nitrogen and oxygen atoms in total. The lowest BCUT2D eigenvalue weighted by atomic mass is 10.1. The number of nitrogens with one attached hydrogen (secondary N) is 1. The van der Waals surface area contributed by atoms with E-state index in [1.165, 1.54) is 41.4 Å². The topological polar surface area (TPSA) is 24.5 Å². The van der Waals surface area contributed by atoms with Crippen molar-refractivity contribution in [3.05, 3.63) is 28.2 Å². The van der Waals surface area contributed by atoms with Crippen molar-refractivity contribution in [2.75, 3.05) is 18.0 Å². The SMILES string of the molecule is Brc1ccc(N2CC3CCC(C2)O3)c(CNC2CC2)c1. The first-order valence-corrected chi connectivity index (χ1v) is 8.49.